The van der Waals surface area contributed by atoms with Gasteiger partial charge in [-0.1, -0.05) is 36.8 Å². The van der Waals surface area contributed by atoms with Gasteiger partial charge in [0.25, 0.3) is 5.91 Å². The predicted molar refractivity (Wildman–Crippen MR) is 154 cm³/mol. The van der Waals surface area contributed by atoms with Gasteiger partial charge in [-0.3, -0.25) is 4.79 Å². The fourth-order valence-electron chi connectivity index (χ4n) is 5.75. The first-order valence-corrected chi connectivity index (χ1v) is 13.7. The molecule has 2 aliphatic heterocycles. The van der Waals surface area contributed by atoms with Gasteiger partial charge in [-0.15, -0.1) is 0 Å². The second-order valence-electron chi connectivity index (χ2n) is 10.3. The zero-order valence-electron chi connectivity index (χ0n) is 22.5. The molecule has 0 aliphatic carbocycles. The van der Waals surface area contributed by atoms with Gasteiger partial charge in [0, 0.05) is 29.8 Å². The normalized spacial score (nSPS) is 18.0. The molecule has 1 amide bonds. The second-order valence-corrected chi connectivity index (χ2v) is 10.3. The van der Waals surface area contributed by atoms with E-state index in [9.17, 15) is 4.79 Å². The number of benzene rings is 4. The Balaban J connectivity index is 1.34. The van der Waals surface area contributed by atoms with Crippen LogP contribution in [-0.4, -0.2) is 39.3 Å². The van der Waals surface area contributed by atoms with Gasteiger partial charge in [-0.25, -0.2) is 0 Å². The van der Waals surface area contributed by atoms with E-state index >= 15 is 0 Å². The van der Waals surface area contributed by atoms with E-state index in [0.29, 0.717) is 24.0 Å². The maximum absolute atomic E-state index is 12.4. The molecule has 0 bridgehead atoms. The number of hydrogen-bond acceptors (Lipinski definition) is 5. The minimum Gasteiger partial charge on any atom is -0.497 e. The lowest BCUT2D eigenvalue weighted by Crippen LogP contribution is -2.35. The first kappa shape index (κ1) is 25.3. The fraction of sp³-hybridized carbons (Fsp3) is 0.303. The van der Waals surface area contributed by atoms with Crippen LogP contribution >= 0.6 is 0 Å². The van der Waals surface area contributed by atoms with Gasteiger partial charge in [0.2, 0.25) is 0 Å². The topological polar surface area (TPSA) is 68.8 Å². The van der Waals surface area contributed by atoms with E-state index in [4.69, 9.17) is 14.2 Å². The number of nitrogens with one attached hydrogen (secondary N) is 2. The third-order valence-corrected chi connectivity index (χ3v) is 7.87. The first-order chi connectivity index (χ1) is 19.1. The Labute approximate surface area is 229 Å². The summed E-state index contributed by atoms with van der Waals surface area (Å²) in [4.78, 5) is 12.4. The zero-order valence-corrected chi connectivity index (χ0v) is 22.5. The van der Waals surface area contributed by atoms with Gasteiger partial charge >= 0.3 is 0 Å². The summed E-state index contributed by atoms with van der Waals surface area (Å²) in [5.41, 5.74) is 4.77. The number of ether oxygens (including phenoxy) is 3. The number of hydrogen-bond donors (Lipinski definition) is 2. The van der Waals surface area contributed by atoms with Crippen molar-refractivity contribution < 1.29 is 19.0 Å². The molecule has 2 unspecified atom stereocenters. The third-order valence-electron chi connectivity index (χ3n) is 7.87. The quantitative estimate of drug-likeness (QED) is 0.300. The largest absolute Gasteiger partial charge is 0.497 e. The molecule has 39 heavy (non-hydrogen) atoms. The first-order valence-electron chi connectivity index (χ1n) is 13.7. The van der Waals surface area contributed by atoms with E-state index in [2.05, 4.69) is 47.0 Å². The van der Waals surface area contributed by atoms with Gasteiger partial charge in [0.1, 0.15) is 17.2 Å². The van der Waals surface area contributed by atoms with Crippen LogP contribution in [0.1, 0.15) is 53.3 Å². The smallest absolute Gasteiger partial charge is 0.251 e. The van der Waals surface area contributed by atoms with Crippen LogP contribution in [0, 0.1) is 0 Å². The molecule has 6 rings (SSSR count). The minimum atomic E-state index is -0.343. The molecule has 0 spiro atoms. The molecule has 4 aromatic carbocycles. The van der Waals surface area contributed by atoms with Crippen molar-refractivity contribution in [2.75, 3.05) is 27.3 Å². The molecule has 2 atom stereocenters. The monoisotopic (exact) mass is 522 g/mol. The Hall–Kier alpha value is -4.03. The molecule has 1 saturated heterocycles. The molecule has 2 heterocycles. The molecule has 4 aromatic rings. The summed E-state index contributed by atoms with van der Waals surface area (Å²) >= 11 is 0. The molecular formula is C33H34N2O4. The van der Waals surface area contributed by atoms with Gasteiger partial charge in [0.15, 0.2) is 6.10 Å². The summed E-state index contributed by atoms with van der Waals surface area (Å²) in [5.74, 6) is 2.23. The van der Waals surface area contributed by atoms with Crippen molar-refractivity contribution in [1.82, 2.24) is 10.6 Å². The standard InChI is InChI=1S/C33H34N2O4/c1-34-33(36)23-9-13-28-29-14-8-22-19-26(37-2)12-15-27(22)31(29)32(39-30(28)20-23)21-6-10-25(11-7-21)38-18-16-24-5-3-4-17-35-24/h6-15,19-20,24,32,35H,3-5,16-18H2,1-2H3,(H,34,36). The maximum Gasteiger partial charge on any atom is 0.251 e. The highest BCUT2D eigenvalue weighted by molar-refractivity contribution is 5.98. The van der Waals surface area contributed by atoms with Crippen molar-refractivity contribution in [3.63, 3.8) is 0 Å². The summed E-state index contributed by atoms with van der Waals surface area (Å²) in [6.45, 7) is 1.80. The number of fused-ring (bicyclic) bond motifs is 5. The van der Waals surface area contributed by atoms with Gasteiger partial charge in [-0.05, 0) is 90.2 Å². The number of amides is 1. The maximum atomic E-state index is 12.4. The molecule has 0 aromatic heterocycles. The number of carbonyl (C=O) groups is 1. The highest BCUT2D eigenvalue weighted by atomic mass is 16.5. The second kappa shape index (κ2) is 11.0. The van der Waals surface area contributed by atoms with Crippen molar-refractivity contribution in [2.45, 2.75) is 37.8 Å². The highest BCUT2D eigenvalue weighted by Gasteiger charge is 2.30. The summed E-state index contributed by atoms with van der Waals surface area (Å²) in [6.07, 6.45) is 4.46. The number of piperidine rings is 1. The molecular weight excluding hydrogens is 488 g/mol. The highest BCUT2D eigenvalue weighted by Crippen LogP contribution is 2.48. The average molecular weight is 523 g/mol. The van der Waals surface area contributed by atoms with E-state index in [-0.39, 0.29) is 12.0 Å². The van der Waals surface area contributed by atoms with E-state index in [1.807, 2.05) is 36.4 Å². The Morgan fingerprint density at radius 2 is 1.79 bits per heavy atom. The van der Waals surface area contributed by atoms with E-state index in [1.165, 1.54) is 19.3 Å². The fourth-order valence-corrected chi connectivity index (χ4v) is 5.75. The van der Waals surface area contributed by atoms with Crippen LogP contribution in [0.5, 0.6) is 17.2 Å². The lowest BCUT2D eigenvalue weighted by molar-refractivity contribution is 0.0962. The molecule has 6 nitrogen and oxygen atoms in total. The average Bonchev–Trinajstić information content (AvgIpc) is 3.00. The summed E-state index contributed by atoms with van der Waals surface area (Å²) < 4.78 is 18.2. The van der Waals surface area contributed by atoms with Crippen molar-refractivity contribution in [2.24, 2.45) is 0 Å². The van der Waals surface area contributed by atoms with E-state index in [1.54, 1.807) is 14.2 Å². The van der Waals surface area contributed by atoms with Crippen molar-refractivity contribution in [3.8, 4) is 28.4 Å². The number of carbonyl (C=O) groups excluding carboxylic acids is 1. The third kappa shape index (κ3) is 5.04. The van der Waals surface area contributed by atoms with Gasteiger partial charge in [0.05, 0.1) is 13.7 Å². The number of methoxy groups -OCH3 is 1. The molecule has 0 radical (unpaired) electrons. The minimum absolute atomic E-state index is 0.140. The SMILES string of the molecule is CNC(=O)c1ccc2c(c1)OC(c1ccc(OCCC3CCCCN3)cc1)c1c-2ccc2cc(OC)ccc12. The van der Waals surface area contributed by atoms with Crippen LogP contribution in [0.15, 0.2) is 72.8 Å². The van der Waals surface area contributed by atoms with Crippen LogP contribution in [0.4, 0.5) is 0 Å². The molecule has 0 saturated carbocycles. The molecule has 1 fully saturated rings. The Bertz CT molecular complexity index is 1490. The Morgan fingerprint density at radius 3 is 2.56 bits per heavy atom. The Morgan fingerprint density at radius 1 is 0.974 bits per heavy atom. The van der Waals surface area contributed by atoms with E-state index < -0.39 is 0 Å². The zero-order chi connectivity index (χ0) is 26.8. The van der Waals surface area contributed by atoms with Gasteiger partial charge in [-0.2, -0.15) is 0 Å². The summed E-state index contributed by atoms with van der Waals surface area (Å²) in [5, 5.41) is 8.48. The van der Waals surface area contributed by atoms with Crippen LogP contribution in [0.25, 0.3) is 21.9 Å². The summed E-state index contributed by atoms with van der Waals surface area (Å²) in [6, 6.07) is 24.8. The van der Waals surface area contributed by atoms with Crippen LogP contribution in [-0.2, 0) is 0 Å². The van der Waals surface area contributed by atoms with Crippen LogP contribution < -0.4 is 24.8 Å². The van der Waals surface area contributed by atoms with Crippen molar-refractivity contribution in [3.05, 3.63) is 89.5 Å². The van der Waals surface area contributed by atoms with E-state index in [0.717, 1.165) is 57.5 Å². The predicted octanol–water partition coefficient (Wildman–Crippen LogP) is 6.27. The molecule has 2 N–H and O–H groups in total. The molecule has 2 aliphatic rings. The van der Waals surface area contributed by atoms with Crippen LogP contribution in [0.2, 0.25) is 0 Å². The number of rotatable bonds is 7. The lowest BCUT2D eigenvalue weighted by atomic mass is 9.85. The van der Waals surface area contributed by atoms with Crippen molar-refractivity contribution >= 4 is 16.7 Å². The molecule has 200 valence electrons. The Kier molecular flexibility index (Phi) is 7.12. The molecule has 6 heteroatoms. The lowest BCUT2D eigenvalue weighted by Gasteiger charge is -2.31. The van der Waals surface area contributed by atoms with Crippen LogP contribution in [0.3, 0.4) is 0 Å². The summed E-state index contributed by atoms with van der Waals surface area (Å²) in [7, 11) is 3.32. The van der Waals surface area contributed by atoms with Crippen molar-refractivity contribution in [1.29, 1.82) is 0 Å². The van der Waals surface area contributed by atoms with Gasteiger partial charge < -0.3 is 24.8 Å².